The highest BCUT2D eigenvalue weighted by Crippen LogP contribution is 2.27. The van der Waals surface area contributed by atoms with E-state index in [2.05, 4.69) is 15.0 Å². The molecule has 7 heteroatoms. The van der Waals surface area contributed by atoms with E-state index in [1.165, 1.54) is 0 Å². The highest BCUT2D eigenvalue weighted by Gasteiger charge is 2.28. The zero-order chi connectivity index (χ0) is 15.7. The number of anilines is 2. The van der Waals surface area contributed by atoms with Crippen LogP contribution in [0.4, 0.5) is 11.6 Å². The first-order chi connectivity index (χ1) is 10.6. The van der Waals surface area contributed by atoms with Crippen LogP contribution in [0.3, 0.4) is 0 Å². The minimum absolute atomic E-state index is 0.0652. The number of pyridine rings is 1. The monoisotopic (exact) mass is 303 g/mol. The van der Waals surface area contributed by atoms with Gasteiger partial charge in [-0.2, -0.15) is 4.98 Å². The van der Waals surface area contributed by atoms with Crippen LogP contribution in [0, 0.1) is 12.8 Å². The molecular formula is C15H21N5O2. The van der Waals surface area contributed by atoms with Crippen molar-refractivity contribution in [2.45, 2.75) is 26.7 Å². The number of nitrogens with zero attached hydrogens (tertiary/aromatic N) is 4. The molecule has 0 bridgehead atoms. The van der Waals surface area contributed by atoms with Crippen LogP contribution in [0.15, 0.2) is 12.1 Å². The second kappa shape index (κ2) is 5.82. The molecule has 1 aliphatic rings. The van der Waals surface area contributed by atoms with Gasteiger partial charge in [-0.3, -0.25) is 4.79 Å². The van der Waals surface area contributed by atoms with Gasteiger partial charge in [-0.1, -0.05) is 0 Å². The summed E-state index contributed by atoms with van der Waals surface area (Å²) in [6.45, 7) is 5.86. The molecule has 0 saturated carbocycles. The number of carbonyl (C=O) groups is 1. The van der Waals surface area contributed by atoms with E-state index in [0.717, 1.165) is 36.4 Å². The maximum atomic E-state index is 12.0. The van der Waals surface area contributed by atoms with Gasteiger partial charge in [-0.25, -0.2) is 4.52 Å². The Labute approximate surface area is 129 Å². The van der Waals surface area contributed by atoms with E-state index in [4.69, 9.17) is 10.5 Å². The van der Waals surface area contributed by atoms with E-state index in [-0.39, 0.29) is 17.8 Å². The molecule has 0 aliphatic carbocycles. The van der Waals surface area contributed by atoms with Gasteiger partial charge < -0.3 is 15.4 Å². The number of aromatic nitrogens is 3. The summed E-state index contributed by atoms with van der Waals surface area (Å²) in [4.78, 5) is 18.4. The van der Waals surface area contributed by atoms with Crippen molar-refractivity contribution in [3.05, 3.63) is 17.8 Å². The molecule has 1 unspecified atom stereocenters. The average Bonchev–Trinajstić information content (AvgIpc) is 2.89. The lowest BCUT2D eigenvalue weighted by Crippen LogP contribution is -2.40. The first-order valence-corrected chi connectivity index (χ1v) is 7.63. The molecule has 1 aliphatic heterocycles. The number of fused-ring (bicyclic) bond motifs is 1. The Balaban J connectivity index is 1.87. The number of esters is 1. The second-order valence-corrected chi connectivity index (χ2v) is 5.58. The third-order valence-corrected chi connectivity index (χ3v) is 4.11. The van der Waals surface area contributed by atoms with Crippen molar-refractivity contribution in [1.82, 2.24) is 14.6 Å². The molecule has 118 valence electrons. The summed E-state index contributed by atoms with van der Waals surface area (Å²) in [7, 11) is 0. The van der Waals surface area contributed by atoms with Gasteiger partial charge in [0.25, 0.3) is 0 Å². The fraction of sp³-hybridized carbons (Fsp3) is 0.533. The van der Waals surface area contributed by atoms with Crippen LogP contribution in [0.2, 0.25) is 0 Å². The minimum Gasteiger partial charge on any atom is -0.466 e. The Morgan fingerprint density at radius 2 is 2.32 bits per heavy atom. The summed E-state index contributed by atoms with van der Waals surface area (Å²) in [6, 6.07) is 3.92. The summed E-state index contributed by atoms with van der Waals surface area (Å²) in [5.41, 5.74) is 8.44. The Hall–Kier alpha value is -2.31. The predicted molar refractivity (Wildman–Crippen MR) is 83.7 cm³/mol. The van der Waals surface area contributed by atoms with Crippen LogP contribution in [-0.2, 0) is 9.53 Å². The Morgan fingerprint density at radius 1 is 1.50 bits per heavy atom. The molecule has 22 heavy (non-hydrogen) atoms. The fourth-order valence-electron chi connectivity index (χ4n) is 3.06. The van der Waals surface area contributed by atoms with Crippen LogP contribution in [0.5, 0.6) is 0 Å². The molecular weight excluding hydrogens is 282 g/mol. The number of aryl methyl sites for hydroxylation is 1. The van der Waals surface area contributed by atoms with Crippen LogP contribution in [0.25, 0.3) is 5.65 Å². The minimum atomic E-state index is -0.101. The van der Waals surface area contributed by atoms with E-state index in [1.54, 1.807) is 4.52 Å². The van der Waals surface area contributed by atoms with Gasteiger partial charge in [0.15, 0.2) is 5.65 Å². The van der Waals surface area contributed by atoms with E-state index >= 15 is 0 Å². The van der Waals surface area contributed by atoms with E-state index in [1.807, 2.05) is 26.0 Å². The van der Waals surface area contributed by atoms with Crippen molar-refractivity contribution in [3.63, 3.8) is 0 Å². The van der Waals surface area contributed by atoms with Gasteiger partial charge in [0.2, 0.25) is 5.95 Å². The van der Waals surface area contributed by atoms with E-state index < -0.39 is 0 Å². The predicted octanol–water partition coefficient (Wildman–Crippen LogP) is 1.40. The number of carbonyl (C=O) groups excluding carboxylic acids is 1. The lowest BCUT2D eigenvalue weighted by molar-refractivity contribution is -0.148. The molecule has 3 heterocycles. The topological polar surface area (TPSA) is 85.8 Å². The number of nitrogens with two attached hydrogens (primary N) is 1. The van der Waals surface area contributed by atoms with Gasteiger partial charge in [-0.05, 0) is 38.8 Å². The zero-order valence-corrected chi connectivity index (χ0v) is 13.0. The molecule has 7 nitrogen and oxygen atoms in total. The molecule has 1 saturated heterocycles. The average molecular weight is 303 g/mol. The summed E-state index contributed by atoms with van der Waals surface area (Å²) in [6.07, 6.45) is 1.85. The molecule has 0 aromatic carbocycles. The van der Waals surface area contributed by atoms with Crippen LogP contribution in [0.1, 0.15) is 25.5 Å². The summed E-state index contributed by atoms with van der Waals surface area (Å²) in [5.74, 6) is 0.101. The molecule has 2 N–H and O–H groups in total. The first kappa shape index (κ1) is 14.6. The molecule has 0 radical (unpaired) electrons. The molecule has 0 spiro atoms. The van der Waals surface area contributed by atoms with Gasteiger partial charge in [0.1, 0.15) is 0 Å². The largest absolute Gasteiger partial charge is 0.466 e. The SMILES string of the molecule is CCOC(=O)C1CCCN(c2ccc3nc(N)nn3c2C)C1. The maximum absolute atomic E-state index is 12.0. The Kier molecular flexibility index (Phi) is 3.87. The number of piperidine rings is 1. The highest BCUT2D eigenvalue weighted by molar-refractivity contribution is 5.74. The molecule has 0 amide bonds. The number of ether oxygens (including phenoxy) is 1. The van der Waals surface area contributed by atoms with Gasteiger partial charge in [0, 0.05) is 13.1 Å². The van der Waals surface area contributed by atoms with Crippen LogP contribution >= 0.6 is 0 Å². The number of hydrogen-bond donors (Lipinski definition) is 1. The molecule has 1 fully saturated rings. The van der Waals surface area contributed by atoms with Crippen molar-refractivity contribution in [3.8, 4) is 0 Å². The highest BCUT2D eigenvalue weighted by atomic mass is 16.5. The van der Waals surface area contributed by atoms with Crippen molar-refractivity contribution in [2.75, 3.05) is 30.3 Å². The Bertz CT molecular complexity index is 697. The fourth-order valence-corrected chi connectivity index (χ4v) is 3.06. The lowest BCUT2D eigenvalue weighted by atomic mass is 9.97. The van der Waals surface area contributed by atoms with Gasteiger partial charge in [-0.15, -0.1) is 5.10 Å². The second-order valence-electron chi connectivity index (χ2n) is 5.58. The normalized spacial score (nSPS) is 18.6. The molecule has 2 aromatic heterocycles. The summed E-state index contributed by atoms with van der Waals surface area (Å²) in [5, 5.41) is 4.22. The molecule has 2 aromatic rings. The summed E-state index contributed by atoms with van der Waals surface area (Å²) >= 11 is 0. The zero-order valence-electron chi connectivity index (χ0n) is 13.0. The first-order valence-electron chi connectivity index (χ1n) is 7.63. The molecule has 3 rings (SSSR count). The smallest absolute Gasteiger partial charge is 0.310 e. The molecule has 1 atom stereocenters. The van der Waals surface area contributed by atoms with Crippen molar-refractivity contribution < 1.29 is 9.53 Å². The van der Waals surface area contributed by atoms with E-state index in [0.29, 0.717) is 13.2 Å². The third kappa shape index (κ3) is 2.58. The van der Waals surface area contributed by atoms with Gasteiger partial charge in [0.05, 0.1) is 23.9 Å². The lowest BCUT2D eigenvalue weighted by Gasteiger charge is -2.34. The van der Waals surface area contributed by atoms with Crippen molar-refractivity contribution in [1.29, 1.82) is 0 Å². The van der Waals surface area contributed by atoms with Gasteiger partial charge >= 0.3 is 5.97 Å². The standard InChI is InChI=1S/C15H21N5O2/c1-3-22-14(21)11-5-4-8-19(9-11)12-6-7-13-17-15(16)18-20(13)10(12)2/h6-7,11H,3-5,8-9H2,1-2H3,(H2,16,18). The number of rotatable bonds is 3. The van der Waals surface area contributed by atoms with Crippen LogP contribution < -0.4 is 10.6 Å². The summed E-state index contributed by atoms with van der Waals surface area (Å²) < 4.78 is 6.91. The maximum Gasteiger partial charge on any atom is 0.310 e. The third-order valence-electron chi connectivity index (χ3n) is 4.11. The number of nitrogen functional groups attached to an aromatic ring is 1. The van der Waals surface area contributed by atoms with Crippen molar-refractivity contribution >= 4 is 23.3 Å². The Morgan fingerprint density at radius 3 is 3.09 bits per heavy atom. The van der Waals surface area contributed by atoms with E-state index in [9.17, 15) is 4.79 Å². The van der Waals surface area contributed by atoms with Crippen LogP contribution in [-0.4, -0.2) is 40.3 Å². The quantitative estimate of drug-likeness (QED) is 0.863. The van der Waals surface area contributed by atoms with Crippen molar-refractivity contribution in [2.24, 2.45) is 5.92 Å². The number of hydrogen-bond acceptors (Lipinski definition) is 6.